The fourth-order valence-electron chi connectivity index (χ4n) is 1.92. The summed E-state index contributed by atoms with van der Waals surface area (Å²) in [5.41, 5.74) is 8.35. The van der Waals surface area contributed by atoms with Crippen LogP contribution in [0.4, 0.5) is 0 Å². The Kier molecular flexibility index (Phi) is 5.62. The molecule has 0 amide bonds. The average Bonchev–Trinajstić information content (AvgIpc) is 2.56. The van der Waals surface area contributed by atoms with Gasteiger partial charge in [-0.3, -0.25) is 4.68 Å². The zero-order valence-electron chi connectivity index (χ0n) is 11.0. The first-order chi connectivity index (χ1) is 7.99. The number of nitrogens with two attached hydrogens (primary N) is 1. The number of nitrogens with zero attached hydrogens (tertiary/aromatic N) is 2. The highest BCUT2D eigenvalue weighted by Crippen LogP contribution is 2.22. The van der Waals surface area contributed by atoms with Gasteiger partial charge in [0, 0.05) is 26.1 Å². The van der Waals surface area contributed by atoms with Crippen LogP contribution < -0.4 is 5.73 Å². The fourth-order valence-corrected chi connectivity index (χ4v) is 2.36. The summed E-state index contributed by atoms with van der Waals surface area (Å²) >= 11 is 3.58. The van der Waals surface area contributed by atoms with Crippen LogP contribution in [-0.4, -0.2) is 29.0 Å². The summed E-state index contributed by atoms with van der Waals surface area (Å²) in [7, 11) is 1.72. The van der Waals surface area contributed by atoms with Crippen LogP contribution in [0.5, 0.6) is 0 Å². The Hall–Kier alpha value is -0.390. The van der Waals surface area contributed by atoms with Gasteiger partial charge in [-0.2, -0.15) is 5.10 Å². The zero-order valence-corrected chi connectivity index (χ0v) is 12.6. The predicted molar refractivity (Wildman–Crippen MR) is 73.1 cm³/mol. The third-order valence-corrected chi connectivity index (χ3v) is 3.98. The second kappa shape index (κ2) is 6.52. The monoisotopic (exact) mass is 303 g/mol. The van der Waals surface area contributed by atoms with Crippen LogP contribution in [0, 0.1) is 6.92 Å². The lowest BCUT2D eigenvalue weighted by molar-refractivity contribution is 0.104. The van der Waals surface area contributed by atoms with Crippen molar-refractivity contribution in [3.63, 3.8) is 0 Å². The van der Waals surface area contributed by atoms with E-state index in [1.807, 2.05) is 18.5 Å². The van der Waals surface area contributed by atoms with Crippen LogP contribution in [0.3, 0.4) is 0 Å². The van der Waals surface area contributed by atoms with Gasteiger partial charge in [0.1, 0.15) is 0 Å². The van der Waals surface area contributed by atoms with E-state index in [2.05, 4.69) is 28.0 Å². The largest absolute Gasteiger partial charge is 0.382 e. The van der Waals surface area contributed by atoms with Gasteiger partial charge < -0.3 is 10.5 Å². The molecule has 1 aromatic heterocycles. The number of hydrogen-bond donors (Lipinski definition) is 1. The molecule has 2 unspecified atom stereocenters. The van der Waals surface area contributed by atoms with Crippen LogP contribution in [-0.2, 0) is 17.7 Å². The van der Waals surface area contributed by atoms with Gasteiger partial charge in [0.15, 0.2) is 0 Å². The molecule has 2 atom stereocenters. The number of aryl methyl sites for hydroxylation is 2. The van der Waals surface area contributed by atoms with Crippen LogP contribution in [0.15, 0.2) is 4.47 Å². The molecule has 17 heavy (non-hydrogen) atoms. The summed E-state index contributed by atoms with van der Waals surface area (Å²) in [6.45, 7) is 7.00. The molecule has 0 saturated heterocycles. The minimum atomic E-state index is 0.0997. The quantitative estimate of drug-likeness (QED) is 0.877. The van der Waals surface area contributed by atoms with Crippen LogP contribution in [0.1, 0.15) is 31.7 Å². The topological polar surface area (TPSA) is 53.1 Å². The van der Waals surface area contributed by atoms with Crippen molar-refractivity contribution in [1.29, 1.82) is 0 Å². The molecule has 98 valence electrons. The molecular formula is C12H22BrN3O. The molecule has 0 aliphatic rings. The second-order valence-electron chi connectivity index (χ2n) is 4.41. The number of ether oxygens (including phenoxy) is 1. The van der Waals surface area contributed by atoms with E-state index >= 15 is 0 Å². The van der Waals surface area contributed by atoms with Gasteiger partial charge in [-0.25, -0.2) is 0 Å². The fraction of sp³-hybridized carbons (Fsp3) is 0.750. The van der Waals surface area contributed by atoms with Crippen molar-refractivity contribution >= 4 is 15.9 Å². The molecule has 0 spiro atoms. The predicted octanol–water partition coefficient (Wildman–Crippen LogP) is 2.27. The van der Waals surface area contributed by atoms with Crippen molar-refractivity contribution in [2.75, 3.05) is 7.11 Å². The van der Waals surface area contributed by atoms with Crippen molar-refractivity contribution in [2.45, 2.75) is 52.3 Å². The highest BCUT2D eigenvalue weighted by Gasteiger charge is 2.16. The smallest absolute Gasteiger partial charge is 0.0738 e. The SMILES string of the molecule is CCn1nc(C)c(Br)c1CC(N)CC(C)OC. The van der Waals surface area contributed by atoms with Gasteiger partial charge in [-0.1, -0.05) is 0 Å². The van der Waals surface area contributed by atoms with Gasteiger partial charge in [-0.15, -0.1) is 0 Å². The Labute approximate surface area is 112 Å². The molecule has 0 fully saturated rings. The van der Waals surface area contributed by atoms with E-state index in [1.54, 1.807) is 7.11 Å². The zero-order chi connectivity index (χ0) is 13.0. The molecule has 0 bridgehead atoms. The minimum Gasteiger partial charge on any atom is -0.382 e. The molecule has 2 N–H and O–H groups in total. The van der Waals surface area contributed by atoms with E-state index in [9.17, 15) is 0 Å². The van der Waals surface area contributed by atoms with E-state index < -0.39 is 0 Å². The van der Waals surface area contributed by atoms with Crippen molar-refractivity contribution in [3.8, 4) is 0 Å². The molecule has 0 aromatic carbocycles. The van der Waals surface area contributed by atoms with Crippen LogP contribution in [0.2, 0.25) is 0 Å². The highest BCUT2D eigenvalue weighted by molar-refractivity contribution is 9.10. The summed E-state index contributed by atoms with van der Waals surface area (Å²) in [4.78, 5) is 0. The molecule has 1 rings (SSSR count). The molecule has 0 saturated carbocycles. The molecule has 0 radical (unpaired) electrons. The number of rotatable bonds is 6. The lowest BCUT2D eigenvalue weighted by Crippen LogP contribution is -2.29. The van der Waals surface area contributed by atoms with Gasteiger partial charge in [0.25, 0.3) is 0 Å². The standard InChI is InChI=1S/C12H22BrN3O/c1-5-16-11(12(13)9(3)15-16)7-10(14)6-8(2)17-4/h8,10H,5-7,14H2,1-4H3. The Morgan fingerprint density at radius 3 is 2.71 bits per heavy atom. The van der Waals surface area contributed by atoms with Gasteiger partial charge in [0.05, 0.1) is 22.0 Å². The van der Waals surface area contributed by atoms with Gasteiger partial charge in [-0.05, 0) is 43.1 Å². The van der Waals surface area contributed by atoms with Crippen molar-refractivity contribution in [1.82, 2.24) is 9.78 Å². The summed E-state index contributed by atoms with van der Waals surface area (Å²) in [6, 6.07) is 0.0997. The number of methoxy groups -OCH3 is 1. The van der Waals surface area contributed by atoms with Gasteiger partial charge in [0.2, 0.25) is 0 Å². The third-order valence-electron chi connectivity index (χ3n) is 2.95. The van der Waals surface area contributed by atoms with Gasteiger partial charge >= 0.3 is 0 Å². The summed E-state index contributed by atoms with van der Waals surface area (Å²) in [6.07, 6.45) is 1.88. The van der Waals surface area contributed by atoms with E-state index in [1.165, 1.54) is 5.69 Å². The van der Waals surface area contributed by atoms with Crippen LogP contribution >= 0.6 is 15.9 Å². The first-order valence-electron chi connectivity index (χ1n) is 5.99. The molecule has 1 aromatic rings. The first-order valence-corrected chi connectivity index (χ1v) is 6.79. The lowest BCUT2D eigenvalue weighted by Gasteiger charge is -2.16. The normalized spacial score (nSPS) is 14.9. The summed E-state index contributed by atoms with van der Waals surface area (Å²) < 4.78 is 8.33. The van der Waals surface area contributed by atoms with E-state index in [4.69, 9.17) is 10.5 Å². The van der Waals surface area contributed by atoms with E-state index in [0.717, 1.165) is 29.6 Å². The number of halogens is 1. The molecule has 5 heteroatoms. The molecule has 1 heterocycles. The summed E-state index contributed by atoms with van der Waals surface area (Å²) in [5, 5.41) is 4.46. The highest BCUT2D eigenvalue weighted by atomic mass is 79.9. The van der Waals surface area contributed by atoms with Crippen LogP contribution in [0.25, 0.3) is 0 Å². The second-order valence-corrected chi connectivity index (χ2v) is 5.20. The first kappa shape index (κ1) is 14.7. The Morgan fingerprint density at radius 1 is 1.53 bits per heavy atom. The maximum absolute atomic E-state index is 6.14. The number of hydrogen-bond acceptors (Lipinski definition) is 3. The molecule has 0 aliphatic heterocycles. The number of aromatic nitrogens is 2. The molecule has 4 nitrogen and oxygen atoms in total. The lowest BCUT2D eigenvalue weighted by atomic mass is 10.1. The minimum absolute atomic E-state index is 0.0997. The maximum atomic E-state index is 6.14. The third kappa shape index (κ3) is 3.79. The van der Waals surface area contributed by atoms with Crippen molar-refractivity contribution in [2.24, 2.45) is 5.73 Å². The Morgan fingerprint density at radius 2 is 2.18 bits per heavy atom. The maximum Gasteiger partial charge on any atom is 0.0738 e. The molecule has 0 aliphatic carbocycles. The average molecular weight is 304 g/mol. The Bertz CT molecular complexity index is 365. The van der Waals surface area contributed by atoms with Crippen molar-refractivity contribution in [3.05, 3.63) is 15.9 Å². The van der Waals surface area contributed by atoms with Crippen molar-refractivity contribution < 1.29 is 4.74 Å². The summed E-state index contributed by atoms with van der Waals surface area (Å²) in [5.74, 6) is 0. The molecular weight excluding hydrogens is 282 g/mol. The van der Waals surface area contributed by atoms with E-state index in [0.29, 0.717) is 0 Å². The van der Waals surface area contributed by atoms with E-state index in [-0.39, 0.29) is 12.1 Å². The Balaban J connectivity index is 2.73.